The van der Waals surface area contributed by atoms with Crippen LogP contribution in [0.4, 0.5) is 0 Å². The zero-order valence-corrected chi connectivity index (χ0v) is 15.3. The third-order valence-electron chi connectivity index (χ3n) is 4.09. The number of carbonyl (C=O) groups is 1. The molecule has 1 aromatic rings. The van der Waals surface area contributed by atoms with Crippen LogP contribution >= 0.6 is 11.6 Å². The lowest BCUT2D eigenvalue weighted by molar-refractivity contribution is -0.129. The number of carbonyl (C=O) groups excluding carboxylic acids is 1. The molecular weight excluding hydrogens is 340 g/mol. The standard InChI is InChI=1S/C15H21ClN2O4S/c1-10-9-13(22-4)15(11(2)14(10)16)23(20,21)18-7-5-17(6-8-18)12(3)19/h9H,5-8H2,1-4H3. The number of sulfonamides is 1. The van der Waals surface area contributed by atoms with E-state index in [9.17, 15) is 13.2 Å². The van der Waals surface area contributed by atoms with Gasteiger partial charge in [0, 0.05) is 38.1 Å². The molecule has 1 heterocycles. The maximum atomic E-state index is 13.0. The van der Waals surface area contributed by atoms with E-state index in [0.29, 0.717) is 29.4 Å². The topological polar surface area (TPSA) is 66.9 Å². The van der Waals surface area contributed by atoms with Gasteiger partial charge in [-0.1, -0.05) is 11.6 Å². The van der Waals surface area contributed by atoms with Gasteiger partial charge in [-0.25, -0.2) is 8.42 Å². The fraction of sp³-hybridized carbons (Fsp3) is 0.533. The molecule has 1 amide bonds. The number of rotatable bonds is 3. The van der Waals surface area contributed by atoms with Crippen LogP contribution in [0.2, 0.25) is 5.02 Å². The van der Waals surface area contributed by atoms with Crippen LogP contribution in [-0.2, 0) is 14.8 Å². The maximum absolute atomic E-state index is 13.0. The van der Waals surface area contributed by atoms with Crippen molar-refractivity contribution in [1.82, 2.24) is 9.21 Å². The number of methoxy groups -OCH3 is 1. The number of piperazine rings is 1. The second kappa shape index (κ2) is 6.67. The quantitative estimate of drug-likeness (QED) is 0.824. The zero-order valence-electron chi connectivity index (χ0n) is 13.7. The summed E-state index contributed by atoms with van der Waals surface area (Å²) in [6.45, 7) is 6.25. The highest BCUT2D eigenvalue weighted by atomic mass is 35.5. The van der Waals surface area contributed by atoms with Crippen LogP contribution in [0.5, 0.6) is 5.75 Å². The molecule has 128 valence electrons. The Balaban J connectivity index is 2.42. The summed E-state index contributed by atoms with van der Waals surface area (Å²) in [4.78, 5) is 13.1. The van der Waals surface area contributed by atoms with Gasteiger partial charge in [0.1, 0.15) is 10.6 Å². The first kappa shape index (κ1) is 18.0. The van der Waals surface area contributed by atoms with Crippen molar-refractivity contribution in [3.05, 3.63) is 22.2 Å². The number of nitrogens with zero attached hydrogens (tertiary/aromatic N) is 2. The molecule has 1 aromatic carbocycles. The van der Waals surface area contributed by atoms with E-state index in [2.05, 4.69) is 0 Å². The number of aryl methyl sites for hydroxylation is 1. The summed E-state index contributed by atoms with van der Waals surface area (Å²) in [5.41, 5.74) is 1.25. The minimum absolute atomic E-state index is 0.0470. The van der Waals surface area contributed by atoms with Crippen LogP contribution in [0, 0.1) is 13.8 Å². The summed E-state index contributed by atoms with van der Waals surface area (Å²) in [5.74, 6) is 0.243. The number of halogens is 1. The molecule has 23 heavy (non-hydrogen) atoms. The molecule has 1 aliphatic heterocycles. The van der Waals surface area contributed by atoms with Gasteiger partial charge in [-0.05, 0) is 31.0 Å². The Morgan fingerprint density at radius 2 is 1.78 bits per heavy atom. The minimum atomic E-state index is -3.74. The first-order chi connectivity index (χ1) is 10.7. The molecule has 0 bridgehead atoms. The molecule has 0 atom stereocenters. The molecule has 6 nitrogen and oxygen atoms in total. The Hall–Kier alpha value is -1.31. The number of amides is 1. The van der Waals surface area contributed by atoms with E-state index in [1.54, 1.807) is 24.8 Å². The number of hydrogen-bond donors (Lipinski definition) is 0. The van der Waals surface area contributed by atoms with Crippen molar-refractivity contribution in [1.29, 1.82) is 0 Å². The fourth-order valence-electron chi connectivity index (χ4n) is 2.75. The van der Waals surface area contributed by atoms with Crippen molar-refractivity contribution in [2.24, 2.45) is 0 Å². The van der Waals surface area contributed by atoms with Crippen LogP contribution in [0.15, 0.2) is 11.0 Å². The van der Waals surface area contributed by atoms with E-state index in [1.807, 2.05) is 0 Å². The third-order valence-corrected chi connectivity index (χ3v) is 6.74. The Kier molecular flexibility index (Phi) is 5.23. The van der Waals surface area contributed by atoms with Crippen molar-refractivity contribution < 1.29 is 17.9 Å². The van der Waals surface area contributed by atoms with E-state index < -0.39 is 10.0 Å². The molecule has 1 fully saturated rings. The number of hydrogen-bond acceptors (Lipinski definition) is 4. The van der Waals surface area contributed by atoms with Gasteiger partial charge in [-0.3, -0.25) is 4.79 Å². The second-order valence-electron chi connectivity index (χ2n) is 5.57. The van der Waals surface area contributed by atoms with Crippen molar-refractivity contribution >= 4 is 27.5 Å². The van der Waals surface area contributed by atoms with Crippen LogP contribution in [-0.4, -0.2) is 56.8 Å². The predicted molar refractivity (Wildman–Crippen MR) is 88.5 cm³/mol. The van der Waals surface area contributed by atoms with Crippen LogP contribution in [0.3, 0.4) is 0 Å². The summed E-state index contributed by atoms with van der Waals surface area (Å²) >= 11 is 6.23. The first-order valence-electron chi connectivity index (χ1n) is 7.29. The highest BCUT2D eigenvalue weighted by Gasteiger charge is 2.33. The van der Waals surface area contributed by atoms with E-state index in [-0.39, 0.29) is 23.9 Å². The average Bonchev–Trinajstić information content (AvgIpc) is 2.51. The summed E-state index contributed by atoms with van der Waals surface area (Å²) in [6, 6.07) is 1.63. The van der Waals surface area contributed by atoms with Crippen molar-refractivity contribution in [3.63, 3.8) is 0 Å². The van der Waals surface area contributed by atoms with E-state index in [1.165, 1.54) is 18.3 Å². The summed E-state index contributed by atoms with van der Waals surface area (Å²) < 4.78 is 32.7. The highest BCUT2D eigenvalue weighted by Crippen LogP contribution is 2.36. The van der Waals surface area contributed by atoms with Gasteiger partial charge in [-0.15, -0.1) is 0 Å². The van der Waals surface area contributed by atoms with Gasteiger partial charge in [-0.2, -0.15) is 4.31 Å². The molecule has 1 aliphatic rings. The largest absolute Gasteiger partial charge is 0.495 e. The molecule has 0 spiro atoms. The van der Waals surface area contributed by atoms with Gasteiger partial charge in [0.25, 0.3) is 0 Å². The van der Waals surface area contributed by atoms with Crippen LogP contribution in [0.25, 0.3) is 0 Å². The second-order valence-corrected chi connectivity index (χ2v) is 7.83. The van der Waals surface area contributed by atoms with Gasteiger partial charge in [0.05, 0.1) is 7.11 Å². The Labute approximate surface area is 142 Å². The van der Waals surface area contributed by atoms with Crippen molar-refractivity contribution in [2.45, 2.75) is 25.7 Å². The Bertz CT molecular complexity index is 725. The van der Waals surface area contributed by atoms with Gasteiger partial charge in [0.15, 0.2) is 0 Å². The molecular formula is C15H21ClN2O4S. The highest BCUT2D eigenvalue weighted by molar-refractivity contribution is 7.89. The molecule has 0 unspecified atom stereocenters. The summed E-state index contributed by atoms with van der Waals surface area (Å²) in [7, 11) is -2.30. The van der Waals surface area contributed by atoms with Gasteiger partial charge < -0.3 is 9.64 Å². The molecule has 1 saturated heterocycles. The first-order valence-corrected chi connectivity index (χ1v) is 9.11. The summed E-state index contributed by atoms with van der Waals surface area (Å²) in [6.07, 6.45) is 0. The molecule has 0 aliphatic carbocycles. The maximum Gasteiger partial charge on any atom is 0.247 e. The molecule has 0 N–H and O–H groups in total. The number of ether oxygens (including phenoxy) is 1. The summed E-state index contributed by atoms with van der Waals surface area (Å²) in [5, 5.41) is 0.423. The zero-order chi connectivity index (χ0) is 17.4. The van der Waals surface area contributed by atoms with Crippen LogP contribution < -0.4 is 4.74 Å². The van der Waals surface area contributed by atoms with Gasteiger partial charge >= 0.3 is 0 Å². The Morgan fingerprint density at radius 1 is 1.22 bits per heavy atom. The molecule has 0 radical (unpaired) electrons. The Morgan fingerprint density at radius 3 is 2.26 bits per heavy atom. The van der Waals surface area contributed by atoms with Gasteiger partial charge in [0.2, 0.25) is 15.9 Å². The van der Waals surface area contributed by atoms with E-state index in [4.69, 9.17) is 16.3 Å². The molecule has 0 aromatic heterocycles. The van der Waals surface area contributed by atoms with Crippen molar-refractivity contribution in [3.8, 4) is 5.75 Å². The smallest absolute Gasteiger partial charge is 0.247 e. The lowest BCUT2D eigenvalue weighted by atomic mass is 10.1. The number of benzene rings is 1. The minimum Gasteiger partial charge on any atom is -0.495 e. The average molecular weight is 361 g/mol. The van der Waals surface area contributed by atoms with E-state index >= 15 is 0 Å². The van der Waals surface area contributed by atoms with Crippen molar-refractivity contribution in [2.75, 3.05) is 33.3 Å². The molecule has 0 saturated carbocycles. The molecule has 2 rings (SSSR count). The van der Waals surface area contributed by atoms with E-state index in [0.717, 1.165) is 5.56 Å². The monoisotopic (exact) mass is 360 g/mol. The lowest BCUT2D eigenvalue weighted by Gasteiger charge is -2.34. The third kappa shape index (κ3) is 3.32. The normalized spacial score (nSPS) is 16.5. The lowest BCUT2D eigenvalue weighted by Crippen LogP contribution is -2.50. The fourth-order valence-corrected chi connectivity index (χ4v) is 4.74. The molecule has 8 heteroatoms. The SMILES string of the molecule is COc1cc(C)c(Cl)c(C)c1S(=O)(=O)N1CCN(C(C)=O)CC1. The predicted octanol–water partition coefficient (Wildman–Crippen LogP) is 1.82. The van der Waals surface area contributed by atoms with Crippen LogP contribution in [0.1, 0.15) is 18.1 Å².